The first kappa shape index (κ1) is 17.2. The number of halogens is 3. The molecule has 1 saturated carbocycles. The molecule has 27 heavy (non-hydrogen) atoms. The Balaban J connectivity index is 1.61. The van der Waals surface area contributed by atoms with E-state index in [-0.39, 0.29) is 6.04 Å². The molecule has 140 valence electrons. The number of tetrazole rings is 1. The highest BCUT2D eigenvalue weighted by Crippen LogP contribution is 2.37. The molecule has 2 heterocycles. The first-order valence-electron chi connectivity index (χ1n) is 8.13. The predicted molar refractivity (Wildman–Crippen MR) is 87.7 cm³/mol. The highest BCUT2D eigenvalue weighted by molar-refractivity contribution is 6.05. The van der Waals surface area contributed by atoms with Crippen molar-refractivity contribution in [1.29, 1.82) is 0 Å². The molecule has 0 bridgehead atoms. The summed E-state index contributed by atoms with van der Waals surface area (Å²) in [5.74, 6) is -0.347. The normalized spacial score (nSPS) is 14.4. The molecule has 0 radical (unpaired) electrons. The smallest absolute Gasteiger partial charge is 0.322 e. The molecular weight excluding hydrogens is 363 g/mol. The summed E-state index contributed by atoms with van der Waals surface area (Å²) in [6, 6.07) is 6.90. The van der Waals surface area contributed by atoms with Crippen molar-refractivity contribution in [1.82, 2.24) is 30.0 Å². The van der Waals surface area contributed by atoms with Crippen LogP contribution in [0.1, 0.15) is 34.9 Å². The number of anilines is 1. The van der Waals surface area contributed by atoms with Crippen LogP contribution in [0.25, 0.3) is 11.4 Å². The van der Waals surface area contributed by atoms with E-state index in [2.05, 4.69) is 25.9 Å². The van der Waals surface area contributed by atoms with Gasteiger partial charge in [0, 0.05) is 24.5 Å². The summed E-state index contributed by atoms with van der Waals surface area (Å²) in [5.41, 5.74) is -0.777. The number of carbonyl (C=O) groups excluding carboxylic acids is 1. The summed E-state index contributed by atoms with van der Waals surface area (Å²) in [4.78, 5) is 12.4. The molecule has 0 spiro atoms. The van der Waals surface area contributed by atoms with E-state index in [0.29, 0.717) is 17.1 Å². The largest absolute Gasteiger partial charge is 0.435 e. The second-order valence-corrected chi connectivity index (χ2v) is 6.28. The lowest BCUT2D eigenvalue weighted by molar-refractivity contribution is -0.141. The van der Waals surface area contributed by atoms with Crippen LogP contribution in [-0.4, -0.2) is 35.9 Å². The summed E-state index contributed by atoms with van der Waals surface area (Å²) in [7, 11) is 1.32. The molecular formula is C16H14F3N7O. The van der Waals surface area contributed by atoms with Crippen LogP contribution in [-0.2, 0) is 13.2 Å². The van der Waals surface area contributed by atoms with E-state index in [4.69, 9.17) is 0 Å². The fourth-order valence-electron chi connectivity index (χ4n) is 2.75. The van der Waals surface area contributed by atoms with Crippen molar-refractivity contribution in [2.75, 3.05) is 5.32 Å². The first-order chi connectivity index (χ1) is 12.8. The van der Waals surface area contributed by atoms with Gasteiger partial charge in [-0.1, -0.05) is 12.1 Å². The maximum atomic E-state index is 13.1. The van der Waals surface area contributed by atoms with Crippen molar-refractivity contribution in [2.45, 2.75) is 25.1 Å². The van der Waals surface area contributed by atoms with Crippen LogP contribution < -0.4 is 5.32 Å². The van der Waals surface area contributed by atoms with Gasteiger partial charge in [-0.2, -0.15) is 18.3 Å². The van der Waals surface area contributed by atoms with Crippen molar-refractivity contribution in [3.05, 3.63) is 41.7 Å². The monoisotopic (exact) mass is 377 g/mol. The summed E-state index contributed by atoms with van der Waals surface area (Å²) >= 11 is 0. The van der Waals surface area contributed by atoms with Crippen molar-refractivity contribution in [2.24, 2.45) is 7.05 Å². The molecule has 1 amide bonds. The lowest BCUT2D eigenvalue weighted by Gasteiger charge is -2.09. The van der Waals surface area contributed by atoms with Gasteiger partial charge in [-0.05, 0) is 35.4 Å². The zero-order valence-electron chi connectivity index (χ0n) is 14.1. The highest BCUT2D eigenvalue weighted by Gasteiger charge is 2.39. The third-order valence-electron chi connectivity index (χ3n) is 4.11. The Kier molecular flexibility index (Phi) is 3.93. The van der Waals surface area contributed by atoms with Gasteiger partial charge < -0.3 is 5.32 Å². The van der Waals surface area contributed by atoms with Crippen LogP contribution >= 0.6 is 0 Å². The summed E-state index contributed by atoms with van der Waals surface area (Å²) in [6.07, 6.45) is -1.69. The molecule has 1 fully saturated rings. The van der Waals surface area contributed by atoms with Gasteiger partial charge in [0.2, 0.25) is 0 Å². The zero-order valence-corrected chi connectivity index (χ0v) is 14.1. The molecule has 3 aromatic rings. The SMILES string of the molecule is Cn1cc(C(=O)Nc2cccc(-c3nnnn3C3CC3)c2)c(C(F)(F)F)n1. The summed E-state index contributed by atoms with van der Waals surface area (Å²) in [5, 5.41) is 17.5. The molecule has 2 aromatic heterocycles. The third kappa shape index (κ3) is 3.39. The number of hydrogen-bond donors (Lipinski definition) is 1. The summed E-state index contributed by atoms with van der Waals surface area (Å²) < 4.78 is 41.8. The Hall–Kier alpha value is -3.24. The van der Waals surface area contributed by atoms with E-state index in [1.807, 2.05) is 0 Å². The lowest BCUT2D eigenvalue weighted by Crippen LogP contribution is -2.17. The Morgan fingerprint density at radius 3 is 2.78 bits per heavy atom. The van der Waals surface area contributed by atoms with E-state index in [1.165, 1.54) is 7.05 Å². The third-order valence-corrected chi connectivity index (χ3v) is 4.11. The number of aromatic nitrogens is 6. The maximum Gasteiger partial charge on any atom is 0.435 e. The fourth-order valence-corrected chi connectivity index (χ4v) is 2.75. The van der Waals surface area contributed by atoms with E-state index in [9.17, 15) is 18.0 Å². The number of nitrogens with one attached hydrogen (secondary N) is 1. The average molecular weight is 377 g/mol. The quantitative estimate of drug-likeness (QED) is 0.755. The van der Waals surface area contributed by atoms with Crippen molar-refractivity contribution in [3.63, 3.8) is 0 Å². The maximum absolute atomic E-state index is 13.1. The van der Waals surface area contributed by atoms with E-state index >= 15 is 0 Å². The second-order valence-electron chi connectivity index (χ2n) is 6.28. The Labute approximate surface area is 151 Å². The van der Waals surface area contributed by atoms with E-state index < -0.39 is 23.3 Å². The minimum Gasteiger partial charge on any atom is -0.322 e. The second kappa shape index (κ2) is 6.18. The fraction of sp³-hybridized carbons (Fsp3) is 0.312. The van der Waals surface area contributed by atoms with Crippen LogP contribution in [0, 0.1) is 0 Å². The molecule has 1 aliphatic rings. The zero-order chi connectivity index (χ0) is 19.2. The molecule has 1 aliphatic carbocycles. The number of nitrogens with zero attached hydrogens (tertiary/aromatic N) is 6. The van der Waals surface area contributed by atoms with E-state index in [1.54, 1.807) is 28.9 Å². The molecule has 1 N–H and O–H groups in total. The number of rotatable bonds is 4. The minimum absolute atomic E-state index is 0.262. The molecule has 0 unspecified atom stereocenters. The number of hydrogen-bond acceptors (Lipinski definition) is 5. The van der Waals surface area contributed by atoms with Crippen LogP contribution in [0.2, 0.25) is 0 Å². The van der Waals surface area contributed by atoms with Crippen LogP contribution in [0.4, 0.5) is 18.9 Å². The van der Waals surface area contributed by atoms with Crippen LogP contribution in [0.5, 0.6) is 0 Å². The molecule has 1 aromatic carbocycles. The molecule has 4 rings (SSSR count). The lowest BCUT2D eigenvalue weighted by atomic mass is 10.1. The van der Waals surface area contributed by atoms with Gasteiger partial charge >= 0.3 is 6.18 Å². The first-order valence-corrected chi connectivity index (χ1v) is 8.13. The highest BCUT2D eigenvalue weighted by atomic mass is 19.4. The predicted octanol–water partition coefficient (Wildman–Crippen LogP) is 2.68. The Bertz CT molecular complexity index is 1000. The Morgan fingerprint density at radius 1 is 1.30 bits per heavy atom. The Morgan fingerprint density at radius 2 is 2.07 bits per heavy atom. The molecule has 8 nitrogen and oxygen atoms in total. The standard InChI is InChI=1S/C16H14F3N7O/c1-25-8-12(13(22-25)16(17,18)19)15(27)20-10-4-2-3-9(7-10)14-21-23-24-26(14)11-5-6-11/h2-4,7-8,11H,5-6H2,1H3,(H,20,27). The molecule has 11 heteroatoms. The molecule has 0 aliphatic heterocycles. The molecule has 0 saturated heterocycles. The van der Waals surface area contributed by atoms with Gasteiger partial charge in [0.1, 0.15) is 0 Å². The number of carbonyl (C=O) groups is 1. The summed E-state index contributed by atoms with van der Waals surface area (Å²) in [6.45, 7) is 0. The van der Waals surface area contributed by atoms with Crippen molar-refractivity contribution < 1.29 is 18.0 Å². The van der Waals surface area contributed by atoms with Crippen LogP contribution in [0.3, 0.4) is 0 Å². The van der Waals surface area contributed by atoms with Gasteiger partial charge in [-0.25, -0.2) is 4.68 Å². The van der Waals surface area contributed by atoms with E-state index in [0.717, 1.165) is 23.7 Å². The number of aryl methyl sites for hydroxylation is 1. The number of benzene rings is 1. The molecule has 0 atom stereocenters. The van der Waals surface area contributed by atoms with Crippen LogP contribution in [0.15, 0.2) is 30.5 Å². The minimum atomic E-state index is -4.72. The van der Waals surface area contributed by atoms with Gasteiger partial charge in [0.25, 0.3) is 5.91 Å². The van der Waals surface area contributed by atoms with Crippen molar-refractivity contribution in [3.8, 4) is 11.4 Å². The van der Waals surface area contributed by atoms with Gasteiger partial charge in [0.15, 0.2) is 11.5 Å². The topological polar surface area (TPSA) is 90.5 Å². The van der Waals surface area contributed by atoms with Gasteiger partial charge in [0.05, 0.1) is 11.6 Å². The number of alkyl halides is 3. The van der Waals surface area contributed by atoms with Gasteiger partial charge in [-0.3, -0.25) is 9.48 Å². The van der Waals surface area contributed by atoms with Crippen molar-refractivity contribution >= 4 is 11.6 Å². The van der Waals surface area contributed by atoms with Gasteiger partial charge in [-0.15, -0.1) is 5.10 Å². The average Bonchev–Trinajstić information content (AvgIpc) is 3.18. The number of amides is 1.